The molecule has 14 heteroatoms. The van der Waals surface area contributed by atoms with Gasteiger partial charge in [-0.05, 0) is 163 Å². The van der Waals surface area contributed by atoms with Crippen LogP contribution in [0.25, 0.3) is 22.9 Å². The standard InChI is InChI=1S/C56H71FN6O6S/c1-9-34-26-39(28-37-27-36(19-18-33(37)4)41-14-10-11-15-42(59-41)44-16-12-25-63(44)55(66)69-56(5,6)7)49-40(57)29-38(30-46(49)68-51(34)48-23-22-47(70-48)35-20-21-35)43-31-58-52(60-43)45-17-13-24-62(45)53(64)50(32(2)3)61-54(65)67-8/h18-19,22-23,27-32,34-35,42,44-45,50-51H,9-17,20-21,24-26H2,1-8H3,(H,58,60)(H,61,65)/b39-28+. The Balaban J connectivity index is 1.06. The van der Waals surface area contributed by atoms with E-state index in [4.69, 9.17) is 24.2 Å². The maximum Gasteiger partial charge on any atom is 0.410 e. The molecule has 70 heavy (non-hydrogen) atoms. The van der Waals surface area contributed by atoms with Crippen molar-refractivity contribution in [3.8, 4) is 17.0 Å². The average Bonchev–Trinajstić information content (AvgIpc) is 3.65. The van der Waals surface area contributed by atoms with E-state index in [0.29, 0.717) is 60.2 Å². The predicted octanol–water partition coefficient (Wildman–Crippen LogP) is 12.7. The molecule has 2 aromatic heterocycles. The zero-order valence-electron chi connectivity index (χ0n) is 42.2. The normalized spacial score (nSPS) is 23.9. The number of aromatic amines is 1. The molecule has 2 N–H and O–H groups in total. The zero-order valence-corrected chi connectivity index (χ0v) is 43.1. The number of allylic oxidation sites excluding steroid dienone is 1. The number of alkyl carbamates (subject to hydrolysis) is 1. The number of aromatic nitrogens is 2. The molecule has 2 saturated heterocycles. The highest BCUT2D eigenvalue weighted by molar-refractivity contribution is 7.12. The van der Waals surface area contributed by atoms with E-state index in [-0.39, 0.29) is 53.9 Å². The number of rotatable bonds is 11. The van der Waals surface area contributed by atoms with Gasteiger partial charge in [0.2, 0.25) is 5.91 Å². The van der Waals surface area contributed by atoms with E-state index in [2.05, 4.69) is 60.6 Å². The van der Waals surface area contributed by atoms with Gasteiger partial charge < -0.3 is 34.3 Å². The van der Waals surface area contributed by atoms with Gasteiger partial charge in [-0.1, -0.05) is 45.4 Å². The summed E-state index contributed by atoms with van der Waals surface area (Å²) in [6, 6.07) is 13.4. The monoisotopic (exact) mass is 975 g/mol. The van der Waals surface area contributed by atoms with Crippen molar-refractivity contribution >= 4 is 46.8 Å². The summed E-state index contributed by atoms with van der Waals surface area (Å²) in [4.78, 5) is 59.4. The quantitative estimate of drug-likeness (QED) is 0.153. The molecular weight excluding hydrogens is 904 g/mol. The highest BCUT2D eigenvalue weighted by Crippen LogP contribution is 2.50. The molecule has 2 aromatic carbocycles. The molecule has 0 spiro atoms. The van der Waals surface area contributed by atoms with Crippen LogP contribution in [-0.2, 0) is 14.3 Å². The van der Waals surface area contributed by atoms with Gasteiger partial charge in [-0.25, -0.2) is 19.0 Å². The van der Waals surface area contributed by atoms with Crippen LogP contribution in [0.2, 0.25) is 0 Å². The minimum atomic E-state index is -0.756. The van der Waals surface area contributed by atoms with Crippen LogP contribution in [0.4, 0.5) is 14.0 Å². The molecule has 6 unspecified atom stereocenters. The van der Waals surface area contributed by atoms with Crippen molar-refractivity contribution in [2.75, 3.05) is 20.2 Å². The number of aryl methyl sites for hydroxylation is 1. The Kier molecular flexibility index (Phi) is 14.6. The number of likely N-dealkylation sites (tertiary alicyclic amines) is 2. The highest BCUT2D eigenvalue weighted by atomic mass is 32.1. The first-order valence-corrected chi connectivity index (χ1v) is 26.6. The third kappa shape index (κ3) is 10.7. The molecule has 0 radical (unpaired) electrons. The van der Waals surface area contributed by atoms with Crippen molar-refractivity contribution in [2.45, 2.75) is 167 Å². The second kappa shape index (κ2) is 20.7. The Labute approximate surface area is 416 Å². The number of imidazole rings is 1. The lowest BCUT2D eigenvalue weighted by molar-refractivity contribution is -0.135. The number of hydrogen-bond donors (Lipinski definition) is 2. The fourth-order valence-corrected chi connectivity index (χ4v) is 12.3. The number of ether oxygens (including phenoxy) is 3. The van der Waals surface area contributed by atoms with E-state index in [1.54, 1.807) is 17.2 Å². The van der Waals surface area contributed by atoms with Gasteiger partial charge in [0.25, 0.3) is 0 Å². The van der Waals surface area contributed by atoms with Gasteiger partial charge in [0.05, 0.1) is 42.7 Å². The minimum Gasteiger partial charge on any atom is -0.484 e. The Morgan fingerprint density at radius 1 is 0.971 bits per heavy atom. The fourth-order valence-electron chi connectivity index (χ4n) is 11.0. The van der Waals surface area contributed by atoms with Crippen LogP contribution in [0, 0.1) is 24.6 Å². The van der Waals surface area contributed by atoms with Gasteiger partial charge in [-0.2, -0.15) is 0 Å². The Morgan fingerprint density at radius 2 is 1.74 bits per heavy atom. The van der Waals surface area contributed by atoms with Crippen molar-refractivity contribution in [2.24, 2.45) is 16.8 Å². The molecule has 6 atom stereocenters. The molecule has 5 aliphatic rings. The second-order valence-corrected chi connectivity index (χ2v) is 22.6. The van der Waals surface area contributed by atoms with Crippen molar-refractivity contribution in [1.82, 2.24) is 25.1 Å². The number of fused-ring (bicyclic) bond motifs is 1. The molecule has 3 fully saturated rings. The van der Waals surface area contributed by atoms with E-state index >= 15 is 4.39 Å². The van der Waals surface area contributed by atoms with Gasteiger partial charge in [-0.3, -0.25) is 9.79 Å². The number of benzene rings is 2. The molecule has 0 bridgehead atoms. The summed E-state index contributed by atoms with van der Waals surface area (Å²) >= 11 is 1.83. The van der Waals surface area contributed by atoms with Crippen molar-refractivity contribution in [3.63, 3.8) is 0 Å². The predicted molar refractivity (Wildman–Crippen MR) is 274 cm³/mol. The summed E-state index contributed by atoms with van der Waals surface area (Å²) in [5.74, 6) is 1.06. The second-order valence-electron chi connectivity index (χ2n) is 21.5. The molecule has 374 valence electrons. The minimum absolute atomic E-state index is 0.00207. The zero-order chi connectivity index (χ0) is 49.4. The summed E-state index contributed by atoms with van der Waals surface area (Å²) in [7, 11) is 1.29. The van der Waals surface area contributed by atoms with E-state index in [1.165, 1.54) is 24.8 Å². The summed E-state index contributed by atoms with van der Waals surface area (Å²) in [6.07, 6.45) is 13.7. The van der Waals surface area contributed by atoms with Crippen LogP contribution in [0.1, 0.15) is 174 Å². The first kappa shape index (κ1) is 49.5. The van der Waals surface area contributed by atoms with Crippen LogP contribution in [0.3, 0.4) is 0 Å². The lowest BCUT2D eigenvalue weighted by Crippen LogP contribution is -2.51. The number of thiophene rings is 1. The van der Waals surface area contributed by atoms with Crippen molar-refractivity contribution in [1.29, 1.82) is 0 Å². The fraction of sp³-hybridized carbons (Fsp3) is 0.554. The van der Waals surface area contributed by atoms with Gasteiger partial charge >= 0.3 is 12.2 Å². The van der Waals surface area contributed by atoms with E-state index in [9.17, 15) is 14.4 Å². The number of carbonyl (C=O) groups excluding carboxylic acids is 3. The van der Waals surface area contributed by atoms with Crippen LogP contribution in [0.15, 0.2) is 53.7 Å². The van der Waals surface area contributed by atoms with Crippen molar-refractivity contribution < 1.29 is 33.0 Å². The topological polar surface area (TPSA) is 138 Å². The number of nitrogens with zero attached hydrogens (tertiary/aromatic N) is 4. The van der Waals surface area contributed by atoms with Gasteiger partial charge in [-0.15, -0.1) is 11.3 Å². The van der Waals surface area contributed by atoms with E-state index in [0.717, 1.165) is 84.2 Å². The smallest absolute Gasteiger partial charge is 0.410 e. The number of amides is 3. The molecular formula is C56H71FN6O6S. The van der Waals surface area contributed by atoms with Gasteiger partial charge in [0, 0.05) is 40.0 Å². The lowest BCUT2D eigenvalue weighted by Gasteiger charge is -2.31. The number of carbonyl (C=O) groups is 3. The number of H-pyrrole nitrogens is 1. The maximum atomic E-state index is 17.4. The molecule has 4 aliphatic heterocycles. The largest absolute Gasteiger partial charge is 0.484 e. The average molecular weight is 975 g/mol. The van der Waals surface area contributed by atoms with Gasteiger partial charge in [0.15, 0.2) is 0 Å². The Morgan fingerprint density at radius 3 is 2.49 bits per heavy atom. The molecule has 1 aliphatic carbocycles. The number of aliphatic imine (C=N–C) groups is 1. The summed E-state index contributed by atoms with van der Waals surface area (Å²) in [5, 5.41) is 2.72. The molecule has 12 nitrogen and oxygen atoms in total. The third-order valence-corrected chi connectivity index (χ3v) is 16.2. The molecule has 9 rings (SSSR count). The molecule has 1 saturated carbocycles. The number of hydrogen-bond acceptors (Lipinski definition) is 9. The summed E-state index contributed by atoms with van der Waals surface area (Å²) in [6.45, 7) is 15.0. The Bertz CT molecular complexity index is 2640. The van der Waals surface area contributed by atoms with E-state index in [1.807, 2.05) is 56.9 Å². The summed E-state index contributed by atoms with van der Waals surface area (Å²) < 4.78 is 35.2. The lowest BCUT2D eigenvalue weighted by atomic mass is 9.87. The first-order chi connectivity index (χ1) is 33.6. The molecule has 4 aromatic rings. The van der Waals surface area contributed by atoms with Crippen LogP contribution >= 0.6 is 11.3 Å². The van der Waals surface area contributed by atoms with Crippen molar-refractivity contribution in [3.05, 3.63) is 92.3 Å². The van der Waals surface area contributed by atoms with E-state index < -0.39 is 17.7 Å². The Hall–Kier alpha value is -5.50. The van der Waals surface area contributed by atoms with Crippen LogP contribution in [0.5, 0.6) is 5.75 Å². The van der Waals surface area contributed by atoms with Gasteiger partial charge in [0.1, 0.15) is 35.1 Å². The molecule has 3 amide bonds. The van der Waals surface area contributed by atoms with Crippen LogP contribution < -0.4 is 10.1 Å². The number of halogens is 1. The molecule has 6 heterocycles. The highest BCUT2D eigenvalue weighted by Gasteiger charge is 2.40. The SMILES string of the molecule is CCC1C/C(=C\c2cc(C3=NC(C4CCCN4C(=O)OC(C)(C)C)CCCC3)ccc2C)c2c(F)cc(-c3cnc(C4CCCN4C(=O)C(NC(=O)OC)C(C)C)[nH]3)cc2OC1c1ccc(C2CC2)s1. The summed E-state index contributed by atoms with van der Waals surface area (Å²) in [5.41, 5.74) is 6.21. The maximum absolute atomic E-state index is 17.4. The number of methoxy groups -OCH3 is 1. The third-order valence-electron chi connectivity index (χ3n) is 14.9. The van der Waals surface area contributed by atoms with Crippen LogP contribution in [-0.4, -0.2) is 87.5 Å². The first-order valence-electron chi connectivity index (χ1n) is 25.8. The number of nitrogens with one attached hydrogen (secondary N) is 2.